The Morgan fingerprint density at radius 2 is 2.03 bits per heavy atom. The maximum atomic E-state index is 11.6. The predicted octanol–water partition coefficient (Wildman–Crippen LogP) is 2.98. The van der Waals surface area contributed by atoms with E-state index in [-0.39, 0.29) is 25.9 Å². The molecule has 32 heavy (non-hydrogen) atoms. The summed E-state index contributed by atoms with van der Waals surface area (Å²) in [6.45, 7) is 8.01. The van der Waals surface area contributed by atoms with Crippen LogP contribution in [0.25, 0.3) is 0 Å². The fourth-order valence-corrected chi connectivity index (χ4v) is 4.73. The Balaban J connectivity index is 1.83. The minimum atomic E-state index is -1.71. The molecule has 1 aliphatic heterocycles. The number of esters is 1. The highest BCUT2D eigenvalue weighted by atomic mass is 16.7. The van der Waals surface area contributed by atoms with E-state index < -0.39 is 35.1 Å². The van der Waals surface area contributed by atoms with Gasteiger partial charge in [0.2, 0.25) is 0 Å². The summed E-state index contributed by atoms with van der Waals surface area (Å²) in [7, 11) is 0. The first-order valence-corrected chi connectivity index (χ1v) is 11.4. The summed E-state index contributed by atoms with van der Waals surface area (Å²) in [6, 6.07) is 9.78. The third-order valence-electron chi connectivity index (χ3n) is 6.89. The molecular formula is C25H36O7. The topological polar surface area (TPSA) is 94.5 Å². The molecule has 7 nitrogen and oxygen atoms in total. The van der Waals surface area contributed by atoms with Gasteiger partial charge in [-0.2, -0.15) is 0 Å². The van der Waals surface area contributed by atoms with Crippen molar-refractivity contribution in [3.8, 4) is 0 Å². The second-order valence-corrected chi connectivity index (χ2v) is 9.06. The molecule has 1 unspecified atom stereocenters. The average Bonchev–Trinajstić information content (AvgIpc) is 2.80. The number of carbonyl (C=O) groups is 1. The van der Waals surface area contributed by atoms with Crippen molar-refractivity contribution in [2.45, 2.75) is 70.2 Å². The van der Waals surface area contributed by atoms with Crippen LogP contribution >= 0.6 is 0 Å². The molecule has 1 aliphatic carbocycles. The van der Waals surface area contributed by atoms with Crippen LogP contribution in [-0.4, -0.2) is 60.1 Å². The van der Waals surface area contributed by atoms with E-state index in [1.165, 1.54) is 6.92 Å². The summed E-state index contributed by atoms with van der Waals surface area (Å²) < 4.78 is 23.2. The lowest BCUT2D eigenvalue weighted by molar-refractivity contribution is -0.257. The first-order valence-electron chi connectivity index (χ1n) is 11.4. The van der Waals surface area contributed by atoms with E-state index in [2.05, 4.69) is 6.58 Å². The lowest BCUT2D eigenvalue weighted by atomic mass is 9.58. The molecule has 6 atom stereocenters. The highest BCUT2D eigenvalue weighted by Gasteiger charge is 2.59. The van der Waals surface area contributed by atoms with Crippen molar-refractivity contribution in [2.75, 3.05) is 19.8 Å². The average molecular weight is 449 g/mol. The van der Waals surface area contributed by atoms with Crippen LogP contribution in [0.15, 0.2) is 43.0 Å². The van der Waals surface area contributed by atoms with Crippen LogP contribution in [0, 0.1) is 11.3 Å². The van der Waals surface area contributed by atoms with Gasteiger partial charge in [-0.3, -0.25) is 4.79 Å². The van der Waals surface area contributed by atoms with E-state index in [1.807, 2.05) is 37.3 Å². The van der Waals surface area contributed by atoms with E-state index >= 15 is 0 Å². The first kappa shape index (κ1) is 24.9. The van der Waals surface area contributed by atoms with Gasteiger partial charge in [0.1, 0.15) is 12.2 Å². The predicted molar refractivity (Wildman–Crippen MR) is 119 cm³/mol. The minimum absolute atomic E-state index is 0.104. The van der Waals surface area contributed by atoms with Crippen LogP contribution in [0.1, 0.15) is 45.1 Å². The largest absolute Gasteiger partial charge is 0.463 e. The van der Waals surface area contributed by atoms with Gasteiger partial charge in [-0.1, -0.05) is 43.3 Å². The molecule has 0 bridgehead atoms. The highest BCUT2D eigenvalue weighted by Crippen LogP contribution is 2.49. The summed E-state index contributed by atoms with van der Waals surface area (Å²) >= 11 is 0. The molecule has 0 aromatic heterocycles. The molecule has 1 saturated carbocycles. The highest BCUT2D eigenvalue weighted by molar-refractivity contribution is 5.66. The Hall–Kier alpha value is -1.77. The van der Waals surface area contributed by atoms with Crippen LogP contribution in [0.5, 0.6) is 0 Å². The van der Waals surface area contributed by atoms with Crippen molar-refractivity contribution in [2.24, 2.45) is 11.3 Å². The Morgan fingerprint density at radius 1 is 1.28 bits per heavy atom. The molecule has 0 amide bonds. The number of aliphatic hydroxyl groups excluding tert-OH is 1. The molecule has 1 saturated heterocycles. The summed E-state index contributed by atoms with van der Waals surface area (Å²) in [4.78, 5) is 11.5. The van der Waals surface area contributed by atoms with Gasteiger partial charge >= 0.3 is 5.97 Å². The summed E-state index contributed by atoms with van der Waals surface area (Å²) in [5.74, 6) is -1.16. The van der Waals surface area contributed by atoms with Crippen molar-refractivity contribution in [3.63, 3.8) is 0 Å². The fourth-order valence-electron chi connectivity index (χ4n) is 4.73. The zero-order valence-electron chi connectivity index (χ0n) is 19.1. The van der Waals surface area contributed by atoms with Gasteiger partial charge in [0.25, 0.3) is 0 Å². The number of hydrogen-bond donors (Lipinski definition) is 2. The van der Waals surface area contributed by atoms with Crippen molar-refractivity contribution >= 4 is 5.97 Å². The fraction of sp³-hybridized carbons (Fsp3) is 0.640. The van der Waals surface area contributed by atoms with Crippen LogP contribution < -0.4 is 0 Å². The lowest BCUT2D eigenvalue weighted by Crippen LogP contribution is -2.66. The number of aliphatic hydroxyl groups is 2. The molecule has 7 heteroatoms. The van der Waals surface area contributed by atoms with E-state index in [9.17, 15) is 15.0 Å². The maximum absolute atomic E-state index is 11.6. The van der Waals surface area contributed by atoms with Crippen molar-refractivity contribution in [1.29, 1.82) is 0 Å². The number of ether oxygens (including phenoxy) is 4. The van der Waals surface area contributed by atoms with Crippen LogP contribution in [0.2, 0.25) is 0 Å². The van der Waals surface area contributed by atoms with E-state index in [4.69, 9.17) is 18.9 Å². The first-order chi connectivity index (χ1) is 15.3. The molecule has 178 valence electrons. The van der Waals surface area contributed by atoms with Gasteiger partial charge in [0, 0.05) is 31.3 Å². The number of rotatable bonds is 9. The Labute approximate surface area is 190 Å². The second kappa shape index (κ2) is 10.9. The molecule has 1 aromatic carbocycles. The maximum Gasteiger partial charge on any atom is 0.302 e. The van der Waals surface area contributed by atoms with Crippen molar-refractivity contribution in [1.82, 2.24) is 0 Å². The molecule has 2 fully saturated rings. The van der Waals surface area contributed by atoms with Crippen molar-refractivity contribution < 1.29 is 34.0 Å². The summed E-state index contributed by atoms with van der Waals surface area (Å²) in [5, 5.41) is 22.6. The Kier molecular flexibility index (Phi) is 8.47. The normalized spacial score (nSPS) is 35.2. The van der Waals surface area contributed by atoms with Crippen molar-refractivity contribution in [3.05, 3.63) is 48.6 Å². The summed E-state index contributed by atoms with van der Waals surface area (Å²) in [5.41, 5.74) is -1.45. The molecule has 1 aromatic rings. The van der Waals surface area contributed by atoms with Crippen LogP contribution in [-0.2, 0) is 30.3 Å². The molecule has 2 N–H and O–H groups in total. The van der Waals surface area contributed by atoms with Gasteiger partial charge in [-0.15, -0.1) is 6.58 Å². The molecule has 3 rings (SSSR count). The zero-order chi connectivity index (χ0) is 23.2. The van der Waals surface area contributed by atoms with Gasteiger partial charge < -0.3 is 29.2 Å². The minimum Gasteiger partial charge on any atom is -0.463 e. The quantitative estimate of drug-likeness (QED) is 0.443. The number of hydrogen-bond acceptors (Lipinski definition) is 7. The number of benzene rings is 1. The van der Waals surface area contributed by atoms with E-state index in [0.29, 0.717) is 13.2 Å². The second-order valence-electron chi connectivity index (χ2n) is 9.06. The van der Waals surface area contributed by atoms with Gasteiger partial charge in [-0.05, 0) is 24.8 Å². The standard InChI is InChI=1S/C25H36O7/c1-4-24(3)20(16-31-23-12-8-9-13-29-23)25(28,17-32-18(2)26)21(27)14-22(24)30-15-19-10-6-5-7-11-19/h4-7,10-11,20-23,27-28H,1,8-9,12-17H2,2-3H3/t20-,21-,22-,23?,24-,25+/m0/s1. The molecule has 0 spiro atoms. The van der Waals surface area contributed by atoms with Gasteiger partial charge in [-0.25, -0.2) is 0 Å². The number of carbonyl (C=O) groups excluding carboxylic acids is 1. The Bertz CT molecular complexity index is 748. The smallest absolute Gasteiger partial charge is 0.302 e. The monoisotopic (exact) mass is 448 g/mol. The Morgan fingerprint density at radius 3 is 2.66 bits per heavy atom. The van der Waals surface area contributed by atoms with Gasteiger partial charge in [0.05, 0.1) is 25.4 Å². The SMILES string of the molecule is C=C[C@]1(C)[C@@H](OCc2ccccc2)C[C@H](O)[C@@](O)(COC(C)=O)[C@H]1COC1CCCCO1. The third-order valence-corrected chi connectivity index (χ3v) is 6.89. The molecular weight excluding hydrogens is 412 g/mol. The van der Waals surface area contributed by atoms with Crippen LogP contribution in [0.4, 0.5) is 0 Å². The zero-order valence-corrected chi connectivity index (χ0v) is 19.1. The van der Waals surface area contributed by atoms with Crippen LogP contribution in [0.3, 0.4) is 0 Å². The molecule has 2 aliphatic rings. The van der Waals surface area contributed by atoms with E-state index in [1.54, 1.807) is 6.08 Å². The summed E-state index contributed by atoms with van der Waals surface area (Å²) in [6.07, 6.45) is 2.75. The third kappa shape index (κ3) is 5.58. The lowest BCUT2D eigenvalue weighted by Gasteiger charge is -2.55. The van der Waals surface area contributed by atoms with Gasteiger partial charge in [0.15, 0.2) is 6.29 Å². The molecule has 0 radical (unpaired) electrons. The van der Waals surface area contributed by atoms with E-state index in [0.717, 1.165) is 24.8 Å². The molecule has 1 heterocycles.